The van der Waals surface area contributed by atoms with Gasteiger partial charge >= 0.3 is 5.97 Å². The Hall–Kier alpha value is -1.85. The van der Waals surface area contributed by atoms with E-state index in [2.05, 4.69) is 15.1 Å². The fourth-order valence-corrected chi connectivity index (χ4v) is 3.22. The van der Waals surface area contributed by atoms with Crippen LogP contribution in [0.2, 0.25) is 0 Å². The van der Waals surface area contributed by atoms with E-state index in [1.54, 1.807) is 6.33 Å². The van der Waals surface area contributed by atoms with E-state index in [0.29, 0.717) is 18.9 Å². The number of imidazole rings is 1. The van der Waals surface area contributed by atoms with Gasteiger partial charge in [0.15, 0.2) is 0 Å². The molecule has 6 nitrogen and oxygen atoms in total. The Morgan fingerprint density at radius 3 is 2.69 bits per heavy atom. The number of hydrogen-bond acceptors (Lipinski definition) is 5. The molecular weight excluding hydrogens is 330 g/mol. The summed E-state index contributed by atoms with van der Waals surface area (Å²) >= 11 is 0. The first-order chi connectivity index (χ1) is 12.4. The number of aromatic nitrogens is 2. The zero-order valence-corrected chi connectivity index (χ0v) is 16.4. The van der Waals surface area contributed by atoms with Crippen LogP contribution in [0.4, 0.5) is 0 Å². The van der Waals surface area contributed by atoms with Crippen molar-refractivity contribution in [3.05, 3.63) is 18.2 Å². The molecule has 1 aliphatic carbocycles. The molecule has 0 amide bonds. The number of esters is 1. The molecule has 0 aliphatic heterocycles. The predicted molar refractivity (Wildman–Crippen MR) is 102 cm³/mol. The number of unbranched alkanes of at least 4 members (excludes halogenated alkanes) is 1. The van der Waals surface area contributed by atoms with Gasteiger partial charge in [-0.05, 0) is 46.5 Å². The molecule has 0 unspecified atom stereocenters. The summed E-state index contributed by atoms with van der Waals surface area (Å²) in [5.41, 5.74) is 1.77. The van der Waals surface area contributed by atoms with Gasteiger partial charge in [0, 0.05) is 30.7 Å². The van der Waals surface area contributed by atoms with Crippen molar-refractivity contribution in [2.24, 2.45) is 11.1 Å². The third-order valence-electron chi connectivity index (χ3n) is 4.47. The van der Waals surface area contributed by atoms with Crippen molar-refractivity contribution in [3.63, 3.8) is 0 Å². The van der Waals surface area contributed by atoms with Gasteiger partial charge in [-0.3, -0.25) is 4.79 Å². The Balaban J connectivity index is 1.73. The molecule has 0 spiro atoms. The van der Waals surface area contributed by atoms with Gasteiger partial charge in [-0.25, -0.2) is 4.98 Å². The number of aromatic amines is 1. The van der Waals surface area contributed by atoms with Crippen molar-refractivity contribution in [2.75, 3.05) is 6.61 Å². The van der Waals surface area contributed by atoms with Crippen molar-refractivity contribution in [3.8, 4) is 0 Å². The minimum absolute atomic E-state index is 0.150. The molecule has 1 N–H and O–H groups in total. The number of hydrogen-bond donors (Lipinski definition) is 1. The number of carbonyl (C=O) groups excluding carboxylic acids is 1. The Morgan fingerprint density at radius 2 is 2.04 bits per heavy atom. The van der Waals surface area contributed by atoms with E-state index in [1.165, 1.54) is 32.1 Å². The number of H-pyrrole nitrogens is 1. The molecule has 0 aromatic carbocycles. The lowest BCUT2D eigenvalue weighted by atomic mass is 9.84. The van der Waals surface area contributed by atoms with Crippen LogP contribution in [-0.2, 0) is 20.8 Å². The second-order valence-corrected chi connectivity index (χ2v) is 8.05. The molecule has 1 fully saturated rings. The summed E-state index contributed by atoms with van der Waals surface area (Å²) in [4.78, 5) is 24.5. The SMILES string of the molecule is CC(C)(C)OC(=O)CCCCO/N=C(/Cc1cnc[nH]1)C1CCCCC1. The van der Waals surface area contributed by atoms with Crippen molar-refractivity contribution >= 4 is 11.7 Å². The highest BCUT2D eigenvalue weighted by Crippen LogP contribution is 2.26. The van der Waals surface area contributed by atoms with E-state index in [9.17, 15) is 4.79 Å². The van der Waals surface area contributed by atoms with Crippen LogP contribution >= 0.6 is 0 Å². The number of rotatable bonds is 9. The topological polar surface area (TPSA) is 76.6 Å². The molecule has 1 saturated carbocycles. The van der Waals surface area contributed by atoms with Gasteiger partial charge in [-0.1, -0.05) is 24.4 Å². The molecule has 0 saturated heterocycles. The predicted octanol–water partition coefficient (Wildman–Crippen LogP) is 4.42. The molecule has 2 rings (SSSR count). The first-order valence-electron chi connectivity index (χ1n) is 9.82. The van der Waals surface area contributed by atoms with E-state index in [0.717, 1.165) is 30.7 Å². The van der Waals surface area contributed by atoms with Crippen molar-refractivity contribution < 1.29 is 14.4 Å². The van der Waals surface area contributed by atoms with Gasteiger partial charge in [0.1, 0.15) is 12.2 Å². The van der Waals surface area contributed by atoms with Gasteiger partial charge in [0.2, 0.25) is 0 Å². The van der Waals surface area contributed by atoms with Crippen LogP contribution < -0.4 is 0 Å². The third-order valence-corrected chi connectivity index (χ3v) is 4.47. The highest BCUT2D eigenvalue weighted by atomic mass is 16.6. The van der Waals surface area contributed by atoms with Crippen molar-refractivity contribution in [1.29, 1.82) is 0 Å². The van der Waals surface area contributed by atoms with Crippen molar-refractivity contribution in [2.45, 2.75) is 84.2 Å². The molecule has 1 heterocycles. The Kier molecular flexibility index (Phi) is 8.13. The fourth-order valence-electron chi connectivity index (χ4n) is 3.22. The first-order valence-corrected chi connectivity index (χ1v) is 9.82. The van der Waals surface area contributed by atoms with Gasteiger partial charge in [0.25, 0.3) is 0 Å². The minimum atomic E-state index is -0.417. The van der Waals surface area contributed by atoms with Crippen LogP contribution in [0.3, 0.4) is 0 Å². The maximum absolute atomic E-state index is 11.7. The lowest BCUT2D eigenvalue weighted by Crippen LogP contribution is -2.23. The Labute approximate surface area is 156 Å². The molecule has 26 heavy (non-hydrogen) atoms. The van der Waals surface area contributed by atoms with E-state index in [1.807, 2.05) is 27.0 Å². The first kappa shape index (κ1) is 20.5. The maximum atomic E-state index is 11.7. The summed E-state index contributed by atoms with van der Waals surface area (Å²) in [5, 5.41) is 4.45. The van der Waals surface area contributed by atoms with Crippen LogP contribution in [0.5, 0.6) is 0 Å². The van der Waals surface area contributed by atoms with Gasteiger partial charge in [-0.15, -0.1) is 0 Å². The Morgan fingerprint density at radius 1 is 1.27 bits per heavy atom. The lowest BCUT2D eigenvalue weighted by molar-refractivity contribution is -0.154. The molecule has 0 bridgehead atoms. The molecule has 0 atom stereocenters. The third kappa shape index (κ3) is 8.02. The van der Waals surface area contributed by atoms with Gasteiger partial charge < -0.3 is 14.6 Å². The molecule has 146 valence electrons. The number of oxime groups is 1. The fraction of sp³-hybridized carbons (Fsp3) is 0.750. The van der Waals surface area contributed by atoms with E-state index >= 15 is 0 Å². The average molecular weight is 364 g/mol. The monoisotopic (exact) mass is 363 g/mol. The highest BCUT2D eigenvalue weighted by molar-refractivity contribution is 5.88. The van der Waals surface area contributed by atoms with E-state index in [4.69, 9.17) is 9.57 Å². The number of nitrogens with zero attached hydrogens (tertiary/aromatic N) is 2. The molecule has 1 aromatic rings. The molecular formula is C20H33N3O3. The van der Waals surface area contributed by atoms with Gasteiger partial charge in [-0.2, -0.15) is 0 Å². The maximum Gasteiger partial charge on any atom is 0.306 e. The summed E-state index contributed by atoms with van der Waals surface area (Å²) in [5.74, 6) is 0.358. The molecule has 1 aromatic heterocycles. The summed E-state index contributed by atoms with van der Waals surface area (Å²) in [6.07, 6.45) is 12.5. The molecule has 6 heteroatoms. The lowest BCUT2D eigenvalue weighted by Gasteiger charge is -2.22. The second kappa shape index (κ2) is 10.3. The van der Waals surface area contributed by atoms with Crippen LogP contribution in [0.25, 0.3) is 0 Å². The second-order valence-electron chi connectivity index (χ2n) is 8.05. The number of carbonyl (C=O) groups is 1. The summed E-state index contributed by atoms with van der Waals surface area (Å²) in [6.45, 7) is 6.18. The van der Waals surface area contributed by atoms with E-state index < -0.39 is 5.60 Å². The normalized spacial score (nSPS) is 16.5. The van der Waals surface area contributed by atoms with Crippen molar-refractivity contribution in [1.82, 2.24) is 9.97 Å². The largest absolute Gasteiger partial charge is 0.460 e. The summed E-state index contributed by atoms with van der Waals surface area (Å²) < 4.78 is 5.30. The summed E-state index contributed by atoms with van der Waals surface area (Å²) in [7, 11) is 0. The molecule has 0 radical (unpaired) electrons. The van der Waals surface area contributed by atoms with Crippen LogP contribution in [0.15, 0.2) is 17.7 Å². The zero-order chi connectivity index (χ0) is 18.8. The quantitative estimate of drug-likeness (QED) is 0.305. The van der Waals surface area contributed by atoms with Crippen LogP contribution in [0.1, 0.15) is 77.8 Å². The standard InChI is InChI=1S/C20H33N3O3/c1-20(2,3)26-19(24)11-7-8-12-25-23-18(13-17-14-21-15-22-17)16-9-5-4-6-10-16/h14-16H,4-13H2,1-3H3,(H,21,22)/b23-18-. The Bertz CT molecular complexity index is 555. The minimum Gasteiger partial charge on any atom is -0.460 e. The average Bonchev–Trinajstić information content (AvgIpc) is 3.09. The number of ether oxygens (including phenoxy) is 1. The van der Waals surface area contributed by atoms with E-state index in [-0.39, 0.29) is 5.97 Å². The highest BCUT2D eigenvalue weighted by Gasteiger charge is 2.21. The number of nitrogens with one attached hydrogen (secondary N) is 1. The van der Waals surface area contributed by atoms with Crippen LogP contribution in [-0.4, -0.2) is 33.9 Å². The van der Waals surface area contributed by atoms with Crippen LogP contribution in [0, 0.1) is 5.92 Å². The molecule has 1 aliphatic rings. The van der Waals surface area contributed by atoms with Gasteiger partial charge in [0.05, 0.1) is 12.0 Å². The summed E-state index contributed by atoms with van der Waals surface area (Å²) in [6, 6.07) is 0. The smallest absolute Gasteiger partial charge is 0.306 e. The zero-order valence-electron chi connectivity index (χ0n) is 16.4.